The van der Waals surface area contributed by atoms with Crippen LogP contribution in [-0.2, 0) is 4.79 Å². The molecule has 2 rings (SSSR count). The lowest BCUT2D eigenvalue weighted by atomic mass is 9.95. The number of hydrogen-bond donors (Lipinski definition) is 1. The summed E-state index contributed by atoms with van der Waals surface area (Å²) in [5.41, 5.74) is 0. The standard InChI is InChI=1S/C10H18N2O/c1-3-10(13)12-6-8-4-11-5-9(8)7(12)2/h7-9,11H,3-6H2,1-2H3. The first kappa shape index (κ1) is 9.00. The quantitative estimate of drug-likeness (QED) is 0.639. The minimum atomic E-state index is 0.321. The van der Waals surface area contributed by atoms with E-state index in [1.165, 1.54) is 0 Å². The minimum Gasteiger partial charge on any atom is -0.339 e. The molecule has 0 spiro atoms. The lowest BCUT2D eigenvalue weighted by Crippen LogP contribution is -2.37. The summed E-state index contributed by atoms with van der Waals surface area (Å²) in [7, 11) is 0. The van der Waals surface area contributed by atoms with E-state index in [9.17, 15) is 4.79 Å². The number of nitrogens with one attached hydrogen (secondary N) is 1. The van der Waals surface area contributed by atoms with E-state index >= 15 is 0 Å². The fraction of sp³-hybridized carbons (Fsp3) is 0.900. The lowest BCUT2D eigenvalue weighted by molar-refractivity contribution is -0.131. The molecule has 3 heteroatoms. The highest BCUT2D eigenvalue weighted by atomic mass is 16.2. The van der Waals surface area contributed by atoms with Crippen molar-refractivity contribution in [2.24, 2.45) is 11.8 Å². The van der Waals surface area contributed by atoms with Crippen molar-refractivity contribution in [3.8, 4) is 0 Å². The van der Waals surface area contributed by atoms with Crippen LogP contribution in [0.3, 0.4) is 0 Å². The van der Waals surface area contributed by atoms with Crippen molar-refractivity contribution in [3.63, 3.8) is 0 Å². The summed E-state index contributed by atoms with van der Waals surface area (Å²) in [5.74, 6) is 1.74. The molecule has 1 amide bonds. The minimum absolute atomic E-state index is 0.321. The van der Waals surface area contributed by atoms with Gasteiger partial charge in [-0.25, -0.2) is 0 Å². The van der Waals surface area contributed by atoms with Gasteiger partial charge in [-0.1, -0.05) is 6.92 Å². The molecule has 3 unspecified atom stereocenters. The molecule has 74 valence electrons. The van der Waals surface area contributed by atoms with Crippen molar-refractivity contribution < 1.29 is 4.79 Å². The first-order valence-corrected chi connectivity index (χ1v) is 5.24. The van der Waals surface area contributed by atoms with Crippen LogP contribution >= 0.6 is 0 Å². The SMILES string of the molecule is CCC(=O)N1CC2CNCC2C1C. The second-order valence-electron chi connectivity index (χ2n) is 4.22. The van der Waals surface area contributed by atoms with Crippen LogP contribution in [0.2, 0.25) is 0 Å². The predicted octanol–water partition coefficient (Wildman–Crippen LogP) is 0.463. The highest BCUT2D eigenvalue weighted by Gasteiger charge is 2.42. The van der Waals surface area contributed by atoms with Gasteiger partial charge in [-0.2, -0.15) is 0 Å². The first-order chi connectivity index (χ1) is 6.24. The van der Waals surface area contributed by atoms with Crippen LogP contribution in [0.4, 0.5) is 0 Å². The Morgan fingerprint density at radius 3 is 2.92 bits per heavy atom. The predicted molar refractivity (Wildman–Crippen MR) is 51.3 cm³/mol. The Balaban J connectivity index is 2.06. The number of fused-ring (bicyclic) bond motifs is 1. The smallest absolute Gasteiger partial charge is 0.222 e. The summed E-state index contributed by atoms with van der Waals surface area (Å²) in [6.45, 7) is 7.31. The van der Waals surface area contributed by atoms with E-state index in [0.717, 1.165) is 19.6 Å². The van der Waals surface area contributed by atoms with Gasteiger partial charge in [-0.15, -0.1) is 0 Å². The number of carbonyl (C=O) groups is 1. The highest BCUT2D eigenvalue weighted by Crippen LogP contribution is 2.32. The summed E-state index contributed by atoms with van der Waals surface area (Å²) in [5, 5.41) is 3.39. The molecule has 2 saturated heterocycles. The molecule has 3 atom stereocenters. The summed E-state index contributed by atoms with van der Waals surface area (Å²) in [6.07, 6.45) is 0.650. The zero-order valence-corrected chi connectivity index (χ0v) is 8.42. The van der Waals surface area contributed by atoms with Crippen LogP contribution < -0.4 is 5.32 Å². The van der Waals surface area contributed by atoms with Crippen molar-refractivity contribution in [2.75, 3.05) is 19.6 Å². The third-order valence-corrected chi connectivity index (χ3v) is 3.56. The van der Waals surface area contributed by atoms with Crippen LogP contribution in [0.15, 0.2) is 0 Å². The molecule has 3 nitrogen and oxygen atoms in total. The number of hydrogen-bond acceptors (Lipinski definition) is 2. The fourth-order valence-electron chi connectivity index (χ4n) is 2.70. The molecular weight excluding hydrogens is 164 g/mol. The largest absolute Gasteiger partial charge is 0.339 e. The molecule has 1 N–H and O–H groups in total. The maximum atomic E-state index is 11.6. The van der Waals surface area contributed by atoms with Gasteiger partial charge in [0.05, 0.1) is 0 Å². The van der Waals surface area contributed by atoms with Crippen molar-refractivity contribution in [2.45, 2.75) is 26.3 Å². The number of carbonyl (C=O) groups excluding carboxylic acids is 1. The second kappa shape index (κ2) is 3.29. The zero-order valence-electron chi connectivity index (χ0n) is 8.42. The van der Waals surface area contributed by atoms with Gasteiger partial charge in [0, 0.05) is 32.1 Å². The molecule has 0 aromatic carbocycles. The maximum absolute atomic E-state index is 11.6. The average Bonchev–Trinajstić information content (AvgIpc) is 2.68. The van der Waals surface area contributed by atoms with E-state index in [1.54, 1.807) is 0 Å². The normalized spacial score (nSPS) is 38.0. The topological polar surface area (TPSA) is 32.3 Å². The van der Waals surface area contributed by atoms with E-state index in [4.69, 9.17) is 0 Å². The zero-order chi connectivity index (χ0) is 9.42. The van der Waals surface area contributed by atoms with Gasteiger partial charge < -0.3 is 10.2 Å². The van der Waals surface area contributed by atoms with E-state index in [-0.39, 0.29) is 0 Å². The van der Waals surface area contributed by atoms with Crippen LogP contribution in [0.1, 0.15) is 20.3 Å². The Labute approximate surface area is 79.5 Å². The highest BCUT2D eigenvalue weighted by molar-refractivity contribution is 5.76. The van der Waals surface area contributed by atoms with Gasteiger partial charge >= 0.3 is 0 Å². The van der Waals surface area contributed by atoms with Crippen LogP contribution in [0.5, 0.6) is 0 Å². The van der Waals surface area contributed by atoms with Gasteiger partial charge in [0.2, 0.25) is 5.91 Å². The van der Waals surface area contributed by atoms with Crippen LogP contribution in [0.25, 0.3) is 0 Å². The van der Waals surface area contributed by atoms with E-state index in [0.29, 0.717) is 30.2 Å². The average molecular weight is 182 g/mol. The van der Waals surface area contributed by atoms with E-state index < -0.39 is 0 Å². The molecule has 0 aromatic heterocycles. The Morgan fingerprint density at radius 2 is 2.31 bits per heavy atom. The van der Waals surface area contributed by atoms with Gasteiger partial charge in [0.15, 0.2) is 0 Å². The van der Waals surface area contributed by atoms with Crippen molar-refractivity contribution >= 4 is 5.91 Å². The maximum Gasteiger partial charge on any atom is 0.222 e. The summed E-state index contributed by atoms with van der Waals surface area (Å²) in [4.78, 5) is 13.6. The van der Waals surface area contributed by atoms with Gasteiger partial charge in [0.1, 0.15) is 0 Å². The summed E-state index contributed by atoms with van der Waals surface area (Å²) in [6, 6.07) is 0.451. The van der Waals surface area contributed by atoms with E-state index in [2.05, 4.69) is 17.1 Å². The summed E-state index contributed by atoms with van der Waals surface area (Å²) >= 11 is 0. The molecular formula is C10H18N2O. The molecule has 2 heterocycles. The second-order valence-corrected chi connectivity index (χ2v) is 4.22. The Kier molecular flexibility index (Phi) is 2.28. The molecule has 0 aliphatic carbocycles. The molecule has 2 aliphatic heterocycles. The number of rotatable bonds is 1. The van der Waals surface area contributed by atoms with Gasteiger partial charge in [0.25, 0.3) is 0 Å². The van der Waals surface area contributed by atoms with Gasteiger partial charge in [-0.05, 0) is 18.8 Å². The van der Waals surface area contributed by atoms with Crippen molar-refractivity contribution in [1.82, 2.24) is 10.2 Å². The molecule has 2 fully saturated rings. The molecule has 0 saturated carbocycles. The Hall–Kier alpha value is -0.570. The first-order valence-electron chi connectivity index (χ1n) is 5.24. The van der Waals surface area contributed by atoms with Crippen LogP contribution in [-0.4, -0.2) is 36.5 Å². The monoisotopic (exact) mass is 182 g/mol. The van der Waals surface area contributed by atoms with Crippen molar-refractivity contribution in [1.29, 1.82) is 0 Å². The fourth-order valence-corrected chi connectivity index (χ4v) is 2.70. The summed E-state index contributed by atoms with van der Waals surface area (Å²) < 4.78 is 0. The van der Waals surface area contributed by atoms with Crippen molar-refractivity contribution in [3.05, 3.63) is 0 Å². The molecule has 13 heavy (non-hydrogen) atoms. The van der Waals surface area contributed by atoms with Crippen LogP contribution in [0, 0.1) is 11.8 Å². The molecule has 0 radical (unpaired) electrons. The van der Waals surface area contributed by atoms with E-state index in [1.807, 2.05) is 6.92 Å². The number of amides is 1. The lowest BCUT2D eigenvalue weighted by Gasteiger charge is -2.23. The third kappa shape index (κ3) is 1.35. The molecule has 2 aliphatic rings. The number of nitrogens with zero attached hydrogens (tertiary/aromatic N) is 1. The Morgan fingerprint density at radius 1 is 1.54 bits per heavy atom. The molecule has 0 bridgehead atoms. The Bertz CT molecular complexity index is 217. The number of likely N-dealkylation sites (tertiary alicyclic amines) is 1. The van der Waals surface area contributed by atoms with Gasteiger partial charge in [-0.3, -0.25) is 4.79 Å². The third-order valence-electron chi connectivity index (χ3n) is 3.56. The molecule has 0 aromatic rings.